The fourth-order valence-electron chi connectivity index (χ4n) is 3.22. The first-order chi connectivity index (χ1) is 10.6. The molecule has 2 fully saturated rings. The quantitative estimate of drug-likeness (QED) is 0.823. The van der Waals surface area contributed by atoms with E-state index < -0.39 is 0 Å². The Balaban J connectivity index is 1.54. The van der Waals surface area contributed by atoms with Crippen molar-refractivity contribution in [3.63, 3.8) is 0 Å². The van der Waals surface area contributed by atoms with E-state index in [2.05, 4.69) is 15.0 Å². The number of amides is 1. The van der Waals surface area contributed by atoms with Crippen LogP contribution in [0.3, 0.4) is 0 Å². The number of carbonyl (C=O) groups is 1. The van der Waals surface area contributed by atoms with Crippen molar-refractivity contribution < 1.29 is 14.1 Å². The number of hydrogen-bond acceptors (Lipinski definition) is 6. The highest BCUT2D eigenvalue weighted by atomic mass is 16.5. The highest BCUT2D eigenvalue weighted by molar-refractivity contribution is 5.78. The Morgan fingerprint density at radius 2 is 2.23 bits per heavy atom. The van der Waals surface area contributed by atoms with Gasteiger partial charge in [-0.3, -0.25) is 9.69 Å². The maximum atomic E-state index is 12.4. The molecule has 2 saturated heterocycles. The second kappa shape index (κ2) is 6.75. The molecule has 22 heavy (non-hydrogen) atoms. The summed E-state index contributed by atoms with van der Waals surface area (Å²) in [5.41, 5.74) is 0. The molecule has 7 nitrogen and oxygen atoms in total. The van der Waals surface area contributed by atoms with Crippen LogP contribution in [0.1, 0.15) is 37.4 Å². The zero-order valence-electron chi connectivity index (χ0n) is 13.3. The first-order valence-electron chi connectivity index (χ1n) is 8.04. The van der Waals surface area contributed by atoms with E-state index >= 15 is 0 Å². The maximum Gasteiger partial charge on any atom is 0.236 e. The molecule has 0 aromatic carbocycles. The maximum absolute atomic E-state index is 12.4. The monoisotopic (exact) mass is 308 g/mol. The molecule has 1 amide bonds. The molecule has 2 aliphatic rings. The minimum atomic E-state index is 0.133. The fourth-order valence-corrected chi connectivity index (χ4v) is 3.22. The second-order valence-electron chi connectivity index (χ2n) is 6.28. The minimum Gasteiger partial charge on any atom is -0.375 e. The Hall–Kier alpha value is -1.47. The molecule has 0 unspecified atom stereocenters. The van der Waals surface area contributed by atoms with Gasteiger partial charge in [-0.05, 0) is 33.2 Å². The molecule has 0 spiro atoms. The van der Waals surface area contributed by atoms with Crippen LogP contribution in [0.2, 0.25) is 0 Å². The molecule has 0 radical (unpaired) electrons. The van der Waals surface area contributed by atoms with Gasteiger partial charge in [0, 0.05) is 19.6 Å². The molecule has 3 rings (SSSR count). The van der Waals surface area contributed by atoms with Crippen molar-refractivity contribution in [3.8, 4) is 0 Å². The topological polar surface area (TPSA) is 71.7 Å². The lowest BCUT2D eigenvalue weighted by Gasteiger charge is -2.35. The molecule has 7 heteroatoms. The lowest BCUT2D eigenvalue weighted by molar-refractivity contribution is -0.139. The van der Waals surface area contributed by atoms with Crippen molar-refractivity contribution in [1.82, 2.24) is 19.9 Å². The van der Waals surface area contributed by atoms with Crippen molar-refractivity contribution in [2.45, 2.75) is 38.7 Å². The van der Waals surface area contributed by atoms with Crippen LogP contribution in [0.4, 0.5) is 0 Å². The molecule has 0 bridgehead atoms. The Kier molecular flexibility index (Phi) is 4.73. The summed E-state index contributed by atoms with van der Waals surface area (Å²) in [6.07, 6.45) is 2.23. The highest BCUT2D eigenvalue weighted by Gasteiger charge is 2.29. The van der Waals surface area contributed by atoms with Gasteiger partial charge in [-0.2, -0.15) is 4.98 Å². The van der Waals surface area contributed by atoms with Gasteiger partial charge in [-0.15, -0.1) is 0 Å². The lowest BCUT2D eigenvalue weighted by atomic mass is 9.98. The van der Waals surface area contributed by atoms with Crippen LogP contribution in [0.15, 0.2) is 4.52 Å². The van der Waals surface area contributed by atoms with Crippen LogP contribution in [-0.2, 0) is 9.53 Å². The van der Waals surface area contributed by atoms with Crippen molar-refractivity contribution in [2.75, 3.05) is 39.3 Å². The van der Waals surface area contributed by atoms with Crippen LogP contribution in [0.5, 0.6) is 0 Å². The molecular formula is C15H24N4O3. The van der Waals surface area contributed by atoms with Gasteiger partial charge < -0.3 is 14.2 Å². The summed E-state index contributed by atoms with van der Waals surface area (Å²) in [4.78, 5) is 20.9. The molecule has 2 atom stereocenters. The molecule has 2 aliphatic heterocycles. The number of rotatable bonds is 3. The first-order valence-corrected chi connectivity index (χ1v) is 8.04. The number of morpholine rings is 1. The van der Waals surface area contributed by atoms with E-state index in [1.165, 1.54) is 0 Å². The third kappa shape index (κ3) is 3.64. The number of hydrogen-bond donors (Lipinski definition) is 0. The third-order valence-electron chi connectivity index (χ3n) is 4.35. The molecule has 3 heterocycles. The van der Waals surface area contributed by atoms with Crippen molar-refractivity contribution in [2.24, 2.45) is 0 Å². The number of likely N-dealkylation sites (tertiary alicyclic amines) is 1. The summed E-state index contributed by atoms with van der Waals surface area (Å²) in [7, 11) is 0. The summed E-state index contributed by atoms with van der Waals surface area (Å²) in [5.74, 6) is 1.81. The predicted molar refractivity (Wildman–Crippen MR) is 79.4 cm³/mol. The van der Waals surface area contributed by atoms with Gasteiger partial charge >= 0.3 is 0 Å². The number of carbonyl (C=O) groups excluding carboxylic acids is 1. The van der Waals surface area contributed by atoms with E-state index in [1.54, 1.807) is 0 Å². The highest BCUT2D eigenvalue weighted by Crippen LogP contribution is 2.25. The molecular weight excluding hydrogens is 284 g/mol. The van der Waals surface area contributed by atoms with Gasteiger partial charge in [-0.1, -0.05) is 5.16 Å². The number of aromatic nitrogens is 2. The average Bonchev–Trinajstić information content (AvgIpc) is 2.94. The van der Waals surface area contributed by atoms with E-state index in [-0.39, 0.29) is 17.9 Å². The van der Waals surface area contributed by atoms with E-state index in [0.29, 0.717) is 38.0 Å². The average molecular weight is 308 g/mol. The molecule has 0 N–H and O–H groups in total. The predicted octanol–water partition coefficient (Wildman–Crippen LogP) is 0.805. The van der Waals surface area contributed by atoms with Crippen LogP contribution in [-0.4, -0.2) is 71.3 Å². The van der Waals surface area contributed by atoms with Gasteiger partial charge in [0.1, 0.15) is 0 Å². The van der Waals surface area contributed by atoms with Gasteiger partial charge in [0.05, 0.1) is 25.2 Å². The van der Waals surface area contributed by atoms with Gasteiger partial charge in [-0.25, -0.2) is 0 Å². The van der Waals surface area contributed by atoms with Crippen molar-refractivity contribution in [3.05, 3.63) is 11.7 Å². The van der Waals surface area contributed by atoms with E-state index in [0.717, 1.165) is 25.9 Å². The normalized spacial score (nSPS) is 27.1. The molecule has 122 valence electrons. The number of ether oxygens (including phenoxy) is 1. The Morgan fingerprint density at radius 1 is 1.36 bits per heavy atom. The van der Waals surface area contributed by atoms with Gasteiger partial charge in [0.2, 0.25) is 11.8 Å². The summed E-state index contributed by atoms with van der Waals surface area (Å²) in [6.45, 7) is 8.10. The zero-order chi connectivity index (χ0) is 15.5. The summed E-state index contributed by atoms with van der Waals surface area (Å²) in [6, 6.07) is 0. The Labute approximate surface area is 130 Å². The van der Waals surface area contributed by atoms with E-state index in [9.17, 15) is 4.79 Å². The van der Waals surface area contributed by atoms with Crippen molar-refractivity contribution in [1.29, 1.82) is 0 Å². The summed E-state index contributed by atoms with van der Waals surface area (Å²) < 4.78 is 10.8. The van der Waals surface area contributed by atoms with Gasteiger partial charge in [0.15, 0.2) is 5.82 Å². The van der Waals surface area contributed by atoms with Crippen LogP contribution >= 0.6 is 0 Å². The van der Waals surface area contributed by atoms with E-state index in [1.807, 2.05) is 18.7 Å². The third-order valence-corrected chi connectivity index (χ3v) is 4.35. The fraction of sp³-hybridized carbons (Fsp3) is 0.800. The smallest absolute Gasteiger partial charge is 0.236 e. The molecule has 0 aliphatic carbocycles. The van der Waals surface area contributed by atoms with Crippen LogP contribution in [0, 0.1) is 6.92 Å². The van der Waals surface area contributed by atoms with Crippen LogP contribution < -0.4 is 0 Å². The van der Waals surface area contributed by atoms with Crippen LogP contribution in [0.25, 0.3) is 0 Å². The van der Waals surface area contributed by atoms with E-state index in [4.69, 9.17) is 9.26 Å². The molecule has 1 aromatic rings. The lowest BCUT2D eigenvalue weighted by Crippen LogP contribution is -2.49. The molecule has 1 aromatic heterocycles. The van der Waals surface area contributed by atoms with Crippen molar-refractivity contribution >= 4 is 5.91 Å². The summed E-state index contributed by atoms with van der Waals surface area (Å²) in [5, 5.41) is 3.87. The Bertz CT molecular complexity index is 519. The SMILES string of the molecule is Cc1noc([C@@H]2CCCN(CC(=O)N3CCO[C@@H](C)C3)C2)n1. The van der Waals surface area contributed by atoms with Gasteiger partial charge in [0.25, 0.3) is 0 Å². The number of piperidine rings is 1. The standard InChI is InChI=1S/C15H24N4O3/c1-11-8-19(6-7-21-11)14(20)10-18-5-3-4-13(9-18)15-16-12(2)17-22-15/h11,13H,3-10H2,1-2H3/t11-,13+/m0/s1. The first kappa shape index (κ1) is 15.4. The second-order valence-corrected chi connectivity index (χ2v) is 6.28. The Morgan fingerprint density at radius 3 is 2.95 bits per heavy atom. The largest absolute Gasteiger partial charge is 0.375 e. The zero-order valence-corrected chi connectivity index (χ0v) is 13.3. The number of nitrogens with zero attached hydrogens (tertiary/aromatic N) is 4. The minimum absolute atomic E-state index is 0.133. The molecule has 0 saturated carbocycles. The summed E-state index contributed by atoms with van der Waals surface area (Å²) >= 11 is 0. The number of aryl methyl sites for hydroxylation is 1.